The van der Waals surface area contributed by atoms with Crippen LogP contribution in [0.5, 0.6) is 0 Å². The van der Waals surface area contributed by atoms with Crippen molar-refractivity contribution in [2.75, 3.05) is 14.1 Å². The van der Waals surface area contributed by atoms with E-state index in [0.29, 0.717) is 6.42 Å². The van der Waals surface area contributed by atoms with Gasteiger partial charge in [-0.3, -0.25) is 9.59 Å². The number of carbonyl (C=O) groups excluding carboxylic acids is 2. The zero-order chi connectivity index (χ0) is 15.3. The molecule has 0 aliphatic carbocycles. The van der Waals surface area contributed by atoms with E-state index >= 15 is 0 Å². The Kier molecular flexibility index (Phi) is 5.67. The molecule has 0 unspecified atom stereocenters. The number of nitrogens with one attached hydrogen (secondary N) is 1. The lowest BCUT2D eigenvalue weighted by atomic mass is 10.0. The molecule has 4 nitrogen and oxygen atoms in total. The van der Waals surface area contributed by atoms with Crippen LogP contribution in [0.15, 0.2) is 24.3 Å². The third kappa shape index (κ3) is 4.33. The van der Waals surface area contributed by atoms with Crippen molar-refractivity contribution in [3.05, 3.63) is 35.6 Å². The third-order valence-corrected chi connectivity index (χ3v) is 2.87. The summed E-state index contributed by atoms with van der Waals surface area (Å²) in [6.45, 7) is 3.93. The second-order valence-electron chi connectivity index (χ2n) is 5.37. The molecule has 20 heavy (non-hydrogen) atoms. The maximum atomic E-state index is 13.6. The molecule has 0 saturated carbocycles. The predicted octanol–water partition coefficient (Wildman–Crippen LogP) is 2.06. The summed E-state index contributed by atoms with van der Waals surface area (Å²) < 4.78 is 13.6. The van der Waals surface area contributed by atoms with Crippen LogP contribution in [0.25, 0.3) is 0 Å². The lowest BCUT2D eigenvalue weighted by Crippen LogP contribution is -2.47. The molecule has 0 saturated heterocycles. The first kappa shape index (κ1) is 16.1. The number of carbonyl (C=O) groups is 2. The lowest BCUT2D eigenvalue weighted by Gasteiger charge is -2.23. The number of halogens is 1. The minimum atomic E-state index is -0.642. The second-order valence-corrected chi connectivity index (χ2v) is 5.37. The van der Waals surface area contributed by atoms with Crippen molar-refractivity contribution in [1.29, 1.82) is 0 Å². The topological polar surface area (TPSA) is 49.4 Å². The molecule has 1 aromatic carbocycles. The maximum Gasteiger partial charge on any atom is 0.254 e. The van der Waals surface area contributed by atoms with Gasteiger partial charge in [0.25, 0.3) is 5.91 Å². The van der Waals surface area contributed by atoms with Gasteiger partial charge in [-0.1, -0.05) is 26.0 Å². The van der Waals surface area contributed by atoms with E-state index in [1.165, 1.54) is 23.1 Å². The molecule has 0 fully saturated rings. The molecule has 0 radical (unpaired) electrons. The Morgan fingerprint density at radius 2 is 1.85 bits per heavy atom. The molecule has 0 aliphatic rings. The fourth-order valence-electron chi connectivity index (χ4n) is 1.89. The van der Waals surface area contributed by atoms with Crippen LogP contribution in [0.1, 0.15) is 30.6 Å². The maximum absolute atomic E-state index is 13.6. The number of hydrogen-bond acceptors (Lipinski definition) is 2. The summed E-state index contributed by atoms with van der Waals surface area (Å²) >= 11 is 0. The highest BCUT2D eigenvalue weighted by Gasteiger charge is 2.24. The zero-order valence-electron chi connectivity index (χ0n) is 12.3. The Balaban J connectivity index is 2.87. The van der Waals surface area contributed by atoms with Crippen LogP contribution in [-0.2, 0) is 4.79 Å². The van der Waals surface area contributed by atoms with Gasteiger partial charge in [-0.05, 0) is 24.5 Å². The minimum Gasteiger partial charge on any atom is -0.347 e. The highest BCUT2D eigenvalue weighted by atomic mass is 19.1. The highest BCUT2D eigenvalue weighted by molar-refractivity contribution is 5.97. The Bertz CT molecular complexity index is 487. The van der Waals surface area contributed by atoms with Crippen LogP contribution in [-0.4, -0.2) is 36.9 Å². The first-order chi connectivity index (χ1) is 9.32. The van der Waals surface area contributed by atoms with Crippen LogP contribution in [0.3, 0.4) is 0 Å². The normalized spacial score (nSPS) is 12.1. The summed E-state index contributed by atoms with van der Waals surface area (Å²) in [7, 11) is 3.26. The molecule has 2 amide bonds. The number of benzene rings is 1. The molecule has 0 aromatic heterocycles. The van der Waals surface area contributed by atoms with Gasteiger partial charge in [0.05, 0.1) is 5.56 Å². The van der Waals surface area contributed by atoms with Crippen LogP contribution in [0.4, 0.5) is 4.39 Å². The molecule has 110 valence electrons. The molecule has 5 heteroatoms. The Labute approximate surface area is 119 Å². The van der Waals surface area contributed by atoms with Gasteiger partial charge < -0.3 is 10.2 Å². The quantitative estimate of drug-likeness (QED) is 0.897. The van der Waals surface area contributed by atoms with Gasteiger partial charge >= 0.3 is 0 Å². The fraction of sp³-hybridized carbons (Fsp3) is 0.467. The molecular formula is C15H21FN2O2. The van der Waals surface area contributed by atoms with Gasteiger partial charge in [-0.25, -0.2) is 4.39 Å². The number of rotatable bonds is 5. The Morgan fingerprint density at radius 3 is 2.35 bits per heavy atom. The molecule has 1 atom stereocenters. The molecular weight excluding hydrogens is 259 g/mol. The van der Waals surface area contributed by atoms with Crippen molar-refractivity contribution < 1.29 is 14.0 Å². The SMILES string of the molecule is CC(C)C[C@H](NC(=O)c1ccccc1F)C(=O)N(C)C. The highest BCUT2D eigenvalue weighted by Crippen LogP contribution is 2.10. The van der Waals surface area contributed by atoms with Gasteiger partial charge in [-0.15, -0.1) is 0 Å². The first-order valence-corrected chi connectivity index (χ1v) is 6.59. The summed E-state index contributed by atoms with van der Waals surface area (Å²) in [5, 5.41) is 2.62. The number of hydrogen-bond donors (Lipinski definition) is 1. The van der Waals surface area contributed by atoms with Gasteiger partial charge in [0.2, 0.25) is 5.91 Å². The van der Waals surface area contributed by atoms with Gasteiger partial charge in [0.15, 0.2) is 0 Å². The van der Waals surface area contributed by atoms with Gasteiger partial charge in [0.1, 0.15) is 11.9 Å². The molecule has 0 bridgehead atoms. The number of likely N-dealkylation sites (N-methyl/N-ethyl adjacent to an activating group) is 1. The summed E-state index contributed by atoms with van der Waals surface area (Å²) in [4.78, 5) is 25.5. The first-order valence-electron chi connectivity index (χ1n) is 6.59. The summed E-state index contributed by atoms with van der Waals surface area (Å²) in [5.74, 6) is -1.11. The summed E-state index contributed by atoms with van der Waals surface area (Å²) in [6.07, 6.45) is 0.511. The second kappa shape index (κ2) is 7.03. The van der Waals surface area contributed by atoms with E-state index in [1.54, 1.807) is 20.2 Å². The predicted molar refractivity (Wildman–Crippen MR) is 75.8 cm³/mol. The smallest absolute Gasteiger partial charge is 0.254 e. The van der Waals surface area contributed by atoms with Crippen LogP contribution in [0, 0.1) is 11.7 Å². The largest absolute Gasteiger partial charge is 0.347 e. The van der Waals surface area contributed by atoms with E-state index in [4.69, 9.17) is 0 Å². The Morgan fingerprint density at radius 1 is 1.25 bits per heavy atom. The third-order valence-electron chi connectivity index (χ3n) is 2.87. The monoisotopic (exact) mass is 280 g/mol. The van der Waals surface area contributed by atoms with E-state index in [-0.39, 0.29) is 17.4 Å². The molecule has 1 N–H and O–H groups in total. The van der Waals surface area contributed by atoms with Crippen molar-refractivity contribution in [3.8, 4) is 0 Å². The molecule has 0 spiro atoms. The van der Waals surface area contributed by atoms with Gasteiger partial charge in [-0.2, -0.15) is 0 Å². The van der Waals surface area contributed by atoms with Crippen molar-refractivity contribution in [2.24, 2.45) is 5.92 Å². The van der Waals surface area contributed by atoms with Crippen molar-refractivity contribution in [1.82, 2.24) is 10.2 Å². The molecule has 0 heterocycles. The van der Waals surface area contributed by atoms with Crippen LogP contribution >= 0.6 is 0 Å². The van der Waals surface area contributed by atoms with Crippen LogP contribution < -0.4 is 5.32 Å². The van der Waals surface area contributed by atoms with Crippen LogP contribution in [0.2, 0.25) is 0 Å². The molecule has 1 aromatic rings. The molecule has 0 aliphatic heterocycles. The average Bonchev–Trinajstić information content (AvgIpc) is 2.36. The minimum absolute atomic E-state index is 0.0483. The van der Waals surface area contributed by atoms with E-state index in [0.717, 1.165) is 0 Å². The summed E-state index contributed by atoms with van der Waals surface area (Å²) in [5.41, 5.74) is -0.0483. The lowest BCUT2D eigenvalue weighted by molar-refractivity contribution is -0.131. The number of nitrogens with zero attached hydrogens (tertiary/aromatic N) is 1. The van der Waals surface area contributed by atoms with E-state index < -0.39 is 17.8 Å². The van der Waals surface area contributed by atoms with E-state index in [2.05, 4.69) is 5.32 Å². The zero-order valence-corrected chi connectivity index (χ0v) is 12.3. The average molecular weight is 280 g/mol. The van der Waals surface area contributed by atoms with E-state index in [9.17, 15) is 14.0 Å². The Hall–Kier alpha value is -1.91. The van der Waals surface area contributed by atoms with E-state index in [1.807, 2.05) is 13.8 Å². The molecule has 1 rings (SSSR count). The summed E-state index contributed by atoms with van der Waals surface area (Å²) in [6, 6.07) is 5.08. The van der Waals surface area contributed by atoms with Gasteiger partial charge in [0, 0.05) is 14.1 Å². The standard InChI is InChI=1S/C15H21FN2O2/c1-10(2)9-13(15(20)18(3)4)17-14(19)11-7-5-6-8-12(11)16/h5-8,10,13H,9H2,1-4H3,(H,17,19)/t13-/m0/s1. The van der Waals surface area contributed by atoms with Crippen molar-refractivity contribution in [3.63, 3.8) is 0 Å². The van der Waals surface area contributed by atoms with Crippen molar-refractivity contribution in [2.45, 2.75) is 26.3 Å². The fourth-order valence-corrected chi connectivity index (χ4v) is 1.89. The number of amides is 2. The van der Waals surface area contributed by atoms with Crippen molar-refractivity contribution >= 4 is 11.8 Å².